The Labute approximate surface area is 123 Å². The van der Waals surface area contributed by atoms with Crippen molar-refractivity contribution in [3.05, 3.63) is 40.4 Å². The molecule has 3 aromatic rings. The Hall–Kier alpha value is -2.22. The lowest BCUT2D eigenvalue weighted by Gasteiger charge is -2.10. The van der Waals surface area contributed by atoms with E-state index in [2.05, 4.69) is 36.1 Å². The number of hydrogen-bond donors (Lipinski definition) is 1. The summed E-state index contributed by atoms with van der Waals surface area (Å²) < 4.78 is 3.89. The van der Waals surface area contributed by atoms with Gasteiger partial charge in [-0.15, -0.1) is 0 Å². The van der Waals surface area contributed by atoms with Crippen LogP contribution in [0.1, 0.15) is 11.4 Å². The SMILES string of the molecule is Cc1cc(C)n(-c2nc(-n3cccn3)nc(N)c2Br)n1. The Morgan fingerprint density at radius 2 is 2.05 bits per heavy atom. The molecule has 0 saturated heterocycles. The molecule has 0 spiro atoms. The van der Waals surface area contributed by atoms with Crippen molar-refractivity contribution >= 4 is 21.7 Å². The van der Waals surface area contributed by atoms with E-state index < -0.39 is 0 Å². The highest BCUT2D eigenvalue weighted by Crippen LogP contribution is 2.26. The normalized spacial score (nSPS) is 10.9. The quantitative estimate of drug-likeness (QED) is 0.772. The predicted molar refractivity (Wildman–Crippen MR) is 77.9 cm³/mol. The van der Waals surface area contributed by atoms with Crippen LogP contribution < -0.4 is 5.73 Å². The molecule has 0 fully saturated rings. The van der Waals surface area contributed by atoms with E-state index in [9.17, 15) is 0 Å². The summed E-state index contributed by atoms with van der Waals surface area (Å²) in [5.74, 6) is 1.33. The number of halogens is 1. The molecule has 8 heteroatoms. The number of nitrogens with zero attached hydrogens (tertiary/aromatic N) is 6. The van der Waals surface area contributed by atoms with E-state index in [1.165, 1.54) is 0 Å². The molecule has 102 valence electrons. The minimum Gasteiger partial charge on any atom is -0.383 e. The van der Waals surface area contributed by atoms with Crippen LogP contribution in [0.25, 0.3) is 11.8 Å². The lowest BCUT2D eigenvalue weighted by Crippen LogP contribution is -2.11. The van der Waals surface area contributed by atoms with Gasteiger partial charge < -0.3 is 5.73 Å². The van der Waals surface area contributed by atoms with Gasteiger partial charge in [-0.25, -0.2) is 9.36 Å². The minimum atomic E-state index is 0.341. The number of aromatic nitrogens is 6. The molecule has 0 amide bonds. The van der Waals surface area contributed by atoms with E-state index in [1.807, 2.05) is 19.9 Å². The van der Waals surface area contributed by atoms with Gasteiger partial charge in [0.25, 0.3) is 5.95 Å². The molecule has 3 aromatic heterocycles. The minimum absolute atomic E-state index is 0.341. The highest BCUT2D eigenvalue weighted by atomic mass is 79.9. The Morgan fingerprint density at radius 3 is 2.65 bits per heavy atom. The lowest BCUT2D eigenvalue weighted by atomic mass is 10.4. The number of nitrogen functional groups attached to an aromatic ring is 1. The second kappa shape index (κ2) is 4.71. The van der Waals surface area contributed by atoms with Gasteiger partial charge in [0.05, 0.1) is 5.69 Å². The van der Waals surface area contributed by atoms with E-state index in [0.29, 0.717) is 22.1 Å². The van der Waals surface area contributed by atoms with E-state index >= 15 is 0 Å². The molecule has 0 aliphatic rings. The van der Waals surface area contributed by atoms with Gasteiger partial charge in [-0.1, -0.05) is 0 Å². The average molecular weight is 334 g/mol. The predicted octanol–water partition coefficient (Wildman–Crippen LogP) is 1.81. The third kappa shape index (κ3) is 2.07. The van der Waals surface area contributed by atoms with Crippen molar-refractivity contribution in [1.82, 2.24) is 29.5 Å². The Bertz CT molecular complexity index is 760. The molecule has 0 saturated carbocycles. The summed E-state index contributed by atoms with van der Waals surface area (Å²) >= 11 is 3.42. The first-order chi connectivity index (χ1) is 9.56. The second-order valence-corrected chi connectivity index (χ2v) is 5.13. The number of nitrogens with two attached hydrogens (primary N) is 1. The Kier molecular flexibility index (Phi) is 3.01. The standard InChI is InChI=1S/C12H12BrN7/c1-7-6-8(2)20(18-7)11-9(13)10(14)16-12(17-11)19-5-3-4-15-19/h3-6H,1-2H3,(H2,14,16,17). The van der Waals surface area contributed by atoms with Gasteiger partial charge in [0.2, 0.25) is 0 Å². The van der Waals surface area contributed by atoms with E-state index in [0.717, 1.165) is 11.4 Å². The molecular weight excluding hydrogens is 322 g/mol. The monoisotopic (exact) mass is 333 g/mol. The van der Waals surface area contributed by atoms with Crippen molar-refractivity contribution in [1.29, 1.82) is 0 Å². The zero-order valence-corrected chi connectivity index (χ0v) is 12.5. The number of hydrogen-bond acceptors (Lipinski definition) is 5. The molecule has 2 N–H and O–H groups in total. The Morgan fingerprint density at radius 1 is 1.25 bits per heavy atom. The van der Waals surface area contributed by atoms with Gasteiger partial charge in [-0.05, 0) is 41.9 Å². The first-order valence-corrected chi connectivity index (χ1v) is 6.72. The van der Waals surface area contributed by atoms with Crippen LogP contribution in [-0.4, -0.2) is 29.5 Å². The van der Waals surface area contributed by atoms with Crippen LogP contribution in [0.5, 0.6) is 0 Å². The van der Waals surface area contributed by atoms with Gasteiger partial charge in [-0.2, -0.15) is 20.2 Å². The zero-order valence-electron chi connectivity index (χ0n) is 10.9. The van der Waals surface area contributed by atoms with Crippen LogP contribution in [0.3, 0.4) is 0 Å². The van der Waals surface area contributed by atoms with Crippen molar-refractivity contribution < 1.29 is 0 Å². The highest BCUT2D eigenvalue weighted by molar-refractivity contribution is 9.10. The molecule has 3 rings (SSSR count). The Balaban J connectivity index is 2.23. The summed E-state index contributed by atoms with van der Waals surface area (Å²) in [6, 6.07) is 3.77. The fourth-order valence-corrected chi connectivity index (χ4v) is 2.26. The summed E-state index contributed by atoms with van der Waals surface area (Å²) in [5, 5.41) is 8.53. The molecule has 0 aliphatic carbocycles. The van der Waals surface area contributed by atoms with Crippen molar-refractivity contribution in [2.75, 3.05) is 5.73 Å². The van der Waals surface area contributed by atoms with Gasteiger partial charge >= 0.3 is 0 Å². The van der Waals surface area contributed by atoms with Crippen molar-refractivity contribution in [3.63, 3.8) is 0 Å². The molecule has 0 aliphatic heterocycles. The molecule has 0 bridgehead atoms. The van der Waals surface area contributed by atoms with Crippen LogP contribution in [0.15, 0.2) is 29.0 Å². The molecule has 3 heterocycles. The number of anilines is 1. The third-order valence-corrected chi connectivity index (χ3v) is 3.53. The average Bonchev–Trinajstić information content (AvgIpc) is 3.02. The van der Waals surface area contributed by atoms with Gasteiger partial charge in [0, 0.05) is 18.1 Å². The second-order valence-electron chi connectivity index (χ2n) is 4.34. The summed E-state index contributed by atoms with van der Waals surface area (Å²) in [5.41, 5.74) is 7.82. The van der Waals surface area contributed by atoms with Crippen molar-refractivity contribution in [3.8, 4) is 11.8 Å². The van der Waals surface area contributed by atoms with Crippen LogP contribution in [-0.2, 0) is 0 Å². The first-order valence-electron chi connectivity index (χ1n) is 5.93. The van der Waals surface area contributed by atoms with Gasteiger partial charge in [0.1, 0.15) is 10.3 Å². The third-order valence-electron chi connectivity index (χ3n) is 2.77. The summed E-state index contributed by atoms with van der Waals surface area (Å²) in [6.07, 6.45) is 3.41. The summed E-state index contributed by atoms with van der Waals surface area (Å²) in [4.78, 5) is 8.70. The van der Waals surface area contributed by atoms with Crippen LogP contribution in [0.2, 0.25) is 0 Å². The molecule has 20 heavy (non-hydrogen) atoms. The van der Waals surface area contributed by atoms with Crippen LogP contribution in [0.4, 0.5) is 5.82 Å². The maximum atomic E-state index is 5.94. The largest absolute Gasteiger partial charge is 0.383 e. The highest BCUT2D eigenvalue weighted by Gasteiger charge is 2.15. The zero-order chi connectivity index (χ0) is 14.3. The summed E-state index contributed by atoms with van der Waals surface area (Å²) in [6.45, 7) is 3.88. The smallest absolute Gasteiger partial charge is 0.254 e. The molecular formula is C12H12BrN7. The van der Waals surface area contributed by atoms with Crippen molar-refractivity contribution in [2.24, 2.45) is 0 Å². The molecule has 7 nitrogen and oxygen atoms in total. The van der Waals surface area contributed by atoms with E-state index in [1.54, 1.807) is 27.8 Å². The summed E-state index contributed by atoms with van der Waals surface area (Å²) in [7, 11) is 0. The first kappa shape index (κ1) is 12.8. The van der Waals surface area contributed by atoms with Crippen LogP contribution in [0, 0.1) is 13.8 Å². The fourth-order valence-electron chi connectivity index (χ4n) is 1.91. The van der Waals surface area contributed by atoms with Gasteiger partial charge in [0.15, 0.2) is 5.82 Å². The lowest BCUT2D eigenvalue weighted by molar-refractivity contribution is 0.758. The topological polar surface area (TPSA) is 87.4 Å². The molecule has 0 unspecified atom stereocenters. The molecule has 0 atom stereocenters. The van der Waals surface area contributed by atoms with Gasteiger partial charge in [-0.3, -0.25) is 0 Å². The van der Waals surface area contributed by atoms with Crippen LogP contribution >= 0.6 is 15.9 Å². The maximum Gasteiger partial charge on any atom is 0.254 e. The molecule has 0 aromatic carbocycles. The number of aryl methyl sites for hydroxylation is 2. The molecule has 0 radical (unpaired) electrons. The number of rotatable bonds is 2. The van der Waals surface area contributed by atoms with Crippen molar-refractivity contribution in [2.45, 2.75) is 13.8 Å². The maximum absolute atomic E-state index is 5.94. The van der Waals surface area contributed by atoms with E-state index in [4.69, 9.17) is 5.73 Å². The van der Waals surface area contributed by atoms with E-state index in [-0.39, 0.29) is 0 Å². The fraction of sp³-hybridized carbons (Fsp3) is 0.167.